The summed E-state index contributed by atoms with van der Waals surface area (Å²) in [7, 11) is 1.86. The van der Waals surface area contributed by atoms with Crippen LogP contribution in [0.1, 0.15) is 68.0 Å². The fraction of sp³-hybridized carbons (Fsp3) is 0.500. The molecule has 6 rings (SSSR count). The van der Waals surface area contributed by atoms with Gasteiger partial charge in [-0.1, -0.05) is 19.1 Å². The molecule has 8 nitrogen and oxygen atoms in total. The molecule has 4 heterocycles. The lowest BCUT2D eigenvalue weighted by Gasteiger charge is -2.44. The number of piperidine rings is 1. The highest BCUT2D eigenvalue weighted by molar-refractivity contribution is 5.58. The number of nitrogens with zero attached hydrogens (tertiary/aromatic N) is 6. The Morgan fingerprint density at radius 3 is 2.63 bits per heavy atom. The molecule has 0 radical (unpaired) electrons. The Morgan fingerprint density at radius 1 is 1.20 bits per heavy atom. The zero-order chi connectivity index (χ0) is 29.1. The van der Waals surface area contributed by atoms with E-state index in [1.165, 1.54) is 16.8 Å². The number of fused-ring (bicyclic) bond motifs is 1. The van der Waals surface area contributed by atoms with Crippen molar-refractivity contribution in [1.29, 1.82) is 0 Å². The first-order chi connectivity index (χ1) is 19.4. The third-order valence-electron chi connectivity index (χ3n) is 8.68. The van der Waals surface area contributed by atoms with Crippen molar-refractivity contribution >= 4 is 5.52 Å². The fourth-order valence-corrected chi connectivity index (χ4v) is 6.81. The minimum absolute atomic E-state index is 0.102. The maximum Gasteiger partial charge on any atom is 0.418 e. The van der Waals surface area contributed by atoms with E-state index >= 15 is 0 Å². The molecule has 0 amide bonds. The average Bonchev–Trinajstić information content (AvgIpc) is 3.45. The number of benzene rings is 1. The molecule has 2 aliphatic rings. The predicted octanol–water partition coefficient (Wildman–Crippen LogP) is 4.76. The molecule has 41 heavy (non-hydrogen) atoms. The highest BCUT2D eigenvalue weighted by atomic mass is 19.4. The minimum atomic E-state index is -4.62. The van der Waals surface area contributed by atoms with Gasteiger partial charge in [-0.25, -0.2) is 4.79 Å². The van der Waals surface area contributed by atoms with Crippen molar-refractivity contribution < 1.29 is 18.3 Å². The first-order valence-corrected chi connectivity index (χ1v) is 14.1. The molecule has 1 aliphatic carbocycles. The quantitative estimate of drug-likeness (QED) is 0.363. The Labute approximate surface area is 236 Å². The highest BCUT2D eigenvalue weighted by Crippen LogP contribution is 2.48. The lowest BCUT2D eigenvalue weighted by atomic mass is 9.64. The fourth-order valence-electron chi connectivity index (χ4n) is 6.81. The Kier molecular flexibility index (Phi) is 6.85. The van der Waals surface area contributed by atoms with Crippen LogP contribution in [0.4, 0.5) is 13.2 Å². The summed E-state index contributed by atoms with van der Waals surface area (Å²) in [5, 5.41) is 18.8. The van der Waals surface area contributed by atoms with Gasteiger partial charge < -0.3 is 9.67 Å². The number of likely N-dealkylation sites (tertiary alicyclic amines) is 1. The summed E-state index contributed by atoms with van der Waals surface area (Å²) in [6.07, 6.45) is 3.12. The van der Waals surface area contributed by atoms with Gasteiger partial charge in [0.2, 0.25) is 0 Å². The van der Waals surface area contributed by atoms with Gasteiger partial charge >= 0.3 is 11.9 Å². The molecular formula is C30H35F3N6O2. The largest absolute Gasteiger partial charge is 0.418 e. The van der Waals surface area contributed by atoms with Crippen LogP contribution >= 0.6 is 0 Å². The summed E-state index contributed by atoms with van der Waals surface area (Å²) in [6, 6.07) is 8.46. The normalized spacial score (nSPS) is 24.5. The van der Waals surface area contributed by atoms with Gasteiger partial charge in [0.15, 0.2) is 0 Å². The highest BCUT2D eigenvalue weighted by Gasteiger charge is 2.45. The Morgan fingerprint density at radius 2 is 1.98 bits per heavy atom. The van der Waals surface area contributed by atoms with Crippen molar-refractivity contribution in [2.24, 2.45) is 18.9 Å². The van der Waals surface area contributed by atoms with Crippen LogP contribution < -0.4 is 5.69 Å². The number of aryl methyl sites for hydroxylation is 1. The predicted molar refractivity (Wildman–Crippen MR) is 148 cm³/mol. The summed E-state index contributed by atoms with van der Waals surface area (Å²) in [5.74, 6) is 1.12. The Balaban J connectivity index is 1.42. The molecule has 2 fully saturated rings. The SMILES string of the molecule is C[C@H]1CCCN(Cc2cc(C(F)(F)F)c3cn(-c4cccc([C@@H](c5nncn5C)[C@H]5C[C@](C)(O)C5)c4)c(=O)n3c2)C1. The van der Waals surface area contributed by atoms with Crippen molar-refractivity contribution in [2.75, 3.05) is 13.1 Å². The van der Waals surface area contributed by atoms with Crippen LogP contribution in [0.3, 0.4) is 0 Å². The monoisotopic (exact) mass is 568 g/mol. The molecule has 11 heteroatoms. The molecular weight excluding hydrogens is 533 g/mol. The molecule has 2 atom stereocenters. The second kappa shape index (κ2) is 10.1. The van der Waals surface area contributed by atoms with E-state index in [0.29, 0.717) is 36.6 Å². The number of halogens is 3. The zero-order valence-electron chi connectivity index (χ0n) is 23.5. The standard InChI is InChI=1S/C30H35F3N6O2/c1-19-6-5-9-37(14-19)15-20-10-24(30(31,32)33)25-17-38(28(40)39(25)16-20)23-8-4-7-21(11-23)26(22-12-29(2,41)13-22)27-35-34-18-36(27)3/h4,7-8,10-11,16-19,22,26,41H,5-6,9,12-15H2,1-3H3/t19-,22-,26+,29-/m0/s1. The van der Waals surface area contributed by atoms with Gasteiger partial charge in [-0.15, -0.1) is 10.2 Å². The second-order valence-electron chi connectivity index (χ2n) is 12.3. The average molecular weight is 569 g/mol. The smallest absolute Gasteiger partial charge is 0.390 e. The van der Waals surface area contributed by atoms with Crippen LogP contribution in [0.15, 0.2) is 53.8 Å². The first-order valence-electron chi connectivity index (χ1n) is 14.1. The lowest BCUT2D eigenvalue weighted by molar-refractivity contribution is -0.136. The third-order valence-corrected chi connectivity index (χ3v) is 8.68. The van der Waals surface area contributed by atoms with Crippen LogP contribution in [-0.2, 0) is 19.8 Å². The molecule has 1 saturated heterocycles. The molecule has 0 bridgehead atoms. The zero-order valence-corrected chi connectivity index (χ0v) is 23.5. The number of hydrogen-bond acceptors (Lipinski definition) is 5. The molecule has 1 saturated carbocycles. The van der Waals surface area contributed by atoms with Crippen LogP contribution in [0.25, 0.3) is 11.2 Å². The van der Waals surface area contributed by atoms with Gasteiger partial charge in [-0.3, -0.25) is 13.9 Å². The minimum Gasteiger partial charge on any atom is -0.390 e. The van der Waals surface area contributed by atoms with Crippen molar-refractivity contribution in [3.8, 4) is 5.69 Å². The van der Waals surface area contributed by atoms with E-state index in [-0.39, 0.29) is 17.4 Å². The molecule has 1 aromatic carbocycles. The Bertz CT molecular complexity index is 1630. The van der Waals surface area contributed by atoms with Crippen molar-refractivity contribution in [3.63, 3.8) is 0 Å². The lowest BCUT2D eigenvalue weighted by Crippen LogP contribution is -2.44. The van der Waals surface area contributed by atoms with E-state index in [9.17, 15) is 23.1 Å². The second-order valence-corrected chi connectivity index (χ2v) is 12.3. The number of alkyl halides is 3. The van der Waals surface area contributed by atoms with E-state index in [1.807, 2.05) is 23.7 Å². The molecule has 0 spiro atoms. The summed E-state index contributed by atoms with van der Waals surface area (Å²) in [6.45, 7) is 5.97. The summed E-state index contributed by atoms with van der Waals surface area (Å²) in [5.41, 5.74) is -0.519. The topological polar surface area (TPSA) is 80.6 Å². The maximum absolute atomic E-state index is 14.3. The van der Waals surface area contributed by atoms with Gasteiger partial charge in [-0.05, 0) is 80.3 Å². The molecule has 218 valence electrons. The first kappa shape index (κ1) is 27.7. The number of rotatable bonds is 6. The summed E-state index contributed by atoms with van der Waals surface area (Å²) < 4.78 is 47.1. The van der Waals surface area contributed by atoms with Gasteiger partial charge in [0, 0.05) is 38.4 Å². The number of pyridine rings is 1. The van der Waals surface area contributed by atoms with E-state index in [2.05, 4.69) is 22.0 Å². The summed E-state index contributed by atoms with van der Waals surface area (Å²) in [4.78, 5) is 15.8. The van der Waals surface area contributed by atoms with Crippen LogP contribution in [0.5, 0.6) is 0 Å². The van der Waals surface area contributed by atoms with Crippen LogP contribution in [0.2, 0.25) is 0 Å². The number of aromatic nitrogens is 5. The maximum atomic E-state index is 14.3. The van der Waals surface area contributed by atoms with Gasteiger partial charge in [0.25, 0.3) is 0 Å². The van der Waals surface area contributed by atoms with Gasteiger partial charge in [0.05, 0.1) is 22.4 Å². The number of aliphatic hydroxyl groups is 1. The van der Waals surface area contributed by atoms with Gasteiger partial charge in [0.1, 0.15) is 12.2 Å². The van der Waals surface area contributed by atoms with E-state index in [0.717, 1.165) is 41.7 Å². The molecule has 1 aliphatic heterocycles. The molecule has 4 aromatic rings. The Hall–Kier alpha value is -3.44. The van der Waals surface area contributed by atoms with Crippen LogP contribution in [-0.4, -0.2) is 52.4 Å². The van der Waals surface area contributed by atoms with Crippen molar-refractivity contribution in [3.05, 3.63) is 82.1 Å². The van der Waals surface area contributed by atoms with E-state index in [4.69, 9.17) is 0 Å². The van der Waals surface area contributed by atoms with Crippen molar-refractivity contribution in [2.45, 2.75) is 63.8 Å². The third kappa shape index (κ3) is 5.32. The van der Waals surface area contributed by atoms with Crippen LogP contribution in [0, 0.1) is 11.8 Å². The van der Waals surface area contributed by atoms with Gasteiger partial charge in [-0.2, -0.15) is 13.2 Å². The van der Waals surface area contributed by atoms with E-state index < -0.39 is 23.0 Å². The molecule has 1 N–H and O–H groups in total. The summed E-state index contributed by atoms with van der Waals surface area (Å²) >= 11 is 0. The van der Waals surface area contributed by atoms with Crippen molar-refractivity contribution in [1.82, 2.24) is 28.6 Å². The molecule has 3 aromatic heterocycles. The number of imidazole rings is 1. The number of hydrogen-bond donors (Lipinski definition) is 1. The molecule has 0 unspecified atom stereocenters. The van der Waals surface area contributed by atoms with E-state index in [1.54, 1.807) is 31.6 Å².